The first kappa shape index (κ1) is 13.0. The van der Waals surface area contributed by atoms with Crippen LogP contribution in [-0.2, 0) is 7.05 Å². The van der Waals surface area contributed by atoms with Gasteiger partial charge in [0.2, 0.25) is 0 Å². The van der Waals surface area contributed by atoms with Crippen LogP contribution in [0.3, 0.4) is 0 Å². The van der Waals surface area contributed by atoms with Gasteiger partial charge < -0.3 is 0 Å². The van der Waals surface area contributed by atoms with Gasteiger partial charge in [0.25, 0.3) is 0 Å². The Kier molecular flexibility index (Phi) is 4.79. The van der Waals surface area contributed by atoms with Gasteiger partial charge in [0.1, 0.15) is 0 Å². The second-order valence-corrected chi connectivity index (χ2v) is 3.70. The molecule has 16 heavy (non-hydrogen) atoms. The summed E-state index contributed by atoms with van der Waals surface area (Å²) in [5.74, 6) is 0. The van der Waals surface area contributed by atoms with E-state index in [1.165, 1.54) is 0 Å². The number of piperidine rings is 1. The molecule has 2 rings (SSSR count). The highest BCUT2D eigenvalue weighted by atomic mass is 19.4. The summed E-state index contributed by atoms with van der Waals surface area (Å²) in [5.41, 5.74) is 0. The van der Waals surface area contributed by atoms with Gasteiger partial charge >= 0.3 is 6.30 Å². The molecule has 0 atom stereocenters. The van der Waals surface area contributed by atoms with Crippen LogP contribution in [0.5, 0.6) is 0 Å². The molecule has 0 aliphatic carbocycles. The SMILES string of the molecule is Cn1cccn1.FC(F)(F)N1CCCCC1. The second kappa shape index (κ2) is 5.89. The van der Waals surface area contributed by atoms with E-state index in [-0.39, 0.29) is 13.1 Å². The van der Waals surface area contributed by atoms with Crippen LogP contribution in [-0.4, -0.2) is 34.1 Å². The molecule has 6 heteroatoms. The predicted octanol–water partition coefficient (Wildman–Crippen LogP) is 2.41. The highest BCUT2D eigenvalue weighted by Crippen LogP contribution is 2.24. The topological polar surface area (TPSA) is 21.1 Å². The molecule has 0 saturated carbocycles. The highest BCUT2D eigenvalue weighted by Gasteiger charge is 2.37. The minimum absolute atomic E-state index is 0.184. The molecule has 0 N–H and O–H groups in total. The van der Waals surface area contributed by atoms with Gasteiger partial charge in [-0.3, -0.25) is 4.68 Å². The maximum atomic E-state index is 11.9. The van der Waals surface area contributed by atoms with E-state index in [0.29, 0.717) is 17.7 Å². The molecule has 1 saturated heterocycles. The molecule has 0 aromatic carbocycles. The number of aryl methyl sites for hydroxylation is 1. The Labute approximate surface area is 92.8 Å². The van der Waals surface area contributed by atoms with E-state index in [1.54, 1.807) is 10.9 Å². The Balaban J connectivity index is 0.000000181. The molecule has 0 unspecified atom stereocenters. The van der Waals surface area contributed by atoms with E-state index in [4.69, 9.17) is 0 Å². The van der Waals surface area contributed by atoms with Crippen molar-refractivity contribution in [2.75, 3.05) is 13.1 Å². The molecule has 1 fully saturated rings. The zero-order chi connectivity index (χ0) is 12.0. The van der Waals surface area contributed by atoms with E-state index in [2.05, 4.69) is 5.10 Å². The van der Waals surface area contributed by atoms with Crippen LogP contribution in [0.25, 0.3) is 0 Å². The maximum Gasteiger partial charge on any atom is 0.459 e. The molecule has 92 valence electrons. The summed E-state index contributed by atoms with van der Waals surface area (Å²) in [7, 11) is 1.89. The fourth-order valence-electron chi connectivity index (χ4n) is 1.49. The number of nitrogens with zero attached hydrogens (tertiary/aromatic N) is 3. The first-order valence-corrected chi connectivity index (χ1v) is 5.25. The Bertz CT molecular complexity index is 276. The van der Waals surface area contributed by atoms with Gasteiger partial charge in [-0.1, -0.05) is 6.42 Å². The van der Waals surface area contributed by atoms with Crippen molar-refractivity contribution >= 4 is 0 Å². The van der Waals surface area contributed by atoms with Gasteiger partial charge in [0, 0.05) is 32.5 Å². The number of hydrogen-bond donors (Lipinski definition) is 0. The maximum absolute atomic E-state index is 11.9. The molecule has 0 radical (unpaired) electrons. The summed E-state index contributed by atoms with van der Waals surface area (Å²) in [6, 6.07) is 1.89. The third kappa shape index (κ3) is 4.65. The number of likely N-dealkylation sites (tertiary alicyclic amines) is 1. The van der Waals surface area contributed by atoms with Crippen LogP contribution >= 0.6 is 0 Å². The summed E-state index contributed by atoms with van der Waals surface area (Å²) < 4.78 is 37.4. The first-order chi connectivity index (χ1) is 7.50. The lowest BCUT2D eigenvalue weighted by atomic mass is 10.1. The van der Waals surface area contributed by atoms with Crippen molar-refractivity contribution in [3.63, 3.8) is 0 Å². The van der Waals surface area contributed by atoms with Crippen LogP contribution in [0.15, 0.2) is 18.5 Å². The van der Waals surface area contributed by atoms with Gasteiger partial charge in [-0.25, -0.2) is 4.90 Å². The van der Waals surface area contributed by atoms with Crippen molar-refractivity contribution in [1.82, 2.24) is 14.7 Å². The molecule has 0 spiro atoms. The van der Waals surface area contributed by atoms with Crippen LogP contribution in [0.2, 0.25) is 0 Å². The second-order valence-electron chi connectivity index (χ2n) is 3.70. The van der Waals surface area contributed by atoms with Gasteiger partial charge in [-0.05, 0) is 18.9 Å². The molecule has 3 nitrogen and oxygen atoms in total. The number of halogens is 3. The van der Waals surface area contributed by atoms with E-state index >= 15 is 0 Å². The summed E-state index contributed by atoms with van der Waals surface area (Å²) in [4.78, 5) is 0.580. The van der Waals surface area contributed by atoms with Crippen LogP contribution in [0, 0.1) is 0 Å². The smallest absolute Gasteiger partial charge is 0.276 e. The minimum Gasteiger partial charge on any atom is -0.276 e. The fourth-order valence-corrected chi connectivity index (χ4v) is 1.49. The molecule has 1 aliphatic heterocycles. The monoisotopic (exact) mass is 235 g/mol. The van der Waals surface area contributed by atoms with Gasteiger partial charge in [0.15, 0.2) is 0 Å². The molecular formula is C10H16F3N3. The number of aromatic nitrogens is 2. The van der Waals surface area contributed by atoms with E-state index in [0.717, 1.165) is 6.42 Å². The molecule has 1 aliphatic rings. The van der Waals surface area contributed by atoms with Crippen molar-refractivity contribution in [3.8, 4) is 0 Å². The third-order valence-corrected chi connectivity index (χ3v) is 2.35. The van der Waals surface area contributed by atoms with Crippen molar-refractivity contribution in [3.05, 3.63) is 18.5 Å². The van der Waals surface area contributed by atoms with Crippen LogP contribution in [0.1, 0.15) is 19.3 Å². The standard InChI is InChI=1S/C6H10F3N.C4H6N2/c7-6(8,9)10-4-2-1-3-5-10;1-6-4-2-3-5-6/h1-5H2;2-4H,1H3. The van der Waals surface area contributed by atoms with Crippen molar-refractivity contribution in [1.29, 1.82) is 0 Å². The molecule has 0 bridgehead atoms. The lowest BCUT2D eigenvalue weighted by Gasteiger charge is -2.27. The van der Waals surface area contributed by atoms with Crippen molar-refractivity contribution in [2.45, 2.75) is 25.6 Å². The molecule has 2 heterocycles. The summed E-state index contributed by atoms with van der Waals surface area (Å²) >= 11 is 0. The average molecular weight is 235 g/mol. The van der Waals surface area contributed by atoms with Crippen molar-refractivity contribution < 1.29 is 13.2 Å². The number of hydrogen-bond acceptors (Lipinski definition) is 2. The normalized spacial score (nSPS) is 17.8. The summed E-state index contributed by atoms with van der Waals surface area (Å²) in [6.07, 6.45) is 1.84. The Hall–Kier alpha value is -1.04. The lowest BCUT2D eigenvalue weighted by Crippen LogP contribution is -2.41. The molecule has 0 amide bonds. The quantitative estimate of drug-likeness (QED) is 0.644. The lowest BCUT2D eigenvalue weighted by molar-refractivity contribution is -0.249. The van der Waals surface area contributed by atoms with Crippen LogP contribution in [0.4, 0.5) is 13.2 Å². The summed E-state index contributed by atoms with van der Waals surface area (Å²) in [6.45, 7) is 0.368. The first-order valence-electron chi connectivity index (χ1n) is 5.25. The zero-order valence-electron chi connectivity index (χ0n) is 9.24. The minimum atomic E-state index is -4.10. The third-order valence-electron chi connectivity index (χ3n) is 2.35. The van der Waals surface area contributed by atoms with Crippen LogP contribution < -0.4 is 0 Å². The summed E-state index contributed by atoms with van der Waals surface area (Å²) in [5, 5.41) is 3.83. The Morgan fingerprint density at radius 1 is 1.12 bits per heavy atom. The number of rotatable bonds is 0. The van der Waals surface area contributed by atoms with E-state index < -0.39 is 6.30 Å². The van der Waals surface area contributed by atoms with E-state index in [1.807, 2.05) is 19.3 Å². The molecule has 1 aromatic rings. The zero-order valence-corrected chi connectivity index (χ0v) is 9.24. The van der Waals surface area contributed by atoms with Crippen molar-refractivity contribution in [2.24, 2.45) is 7.05 Å². The fraction of sp³-hybridized carbons (Fsp3) is 0.700. The molecular weight excluding hydrogens is 219 g/mol. The average Bonchev–Trinajstić information content (AvgIpc) is 2.70. The largest absolute Gasteiger partial charge is 0.459 e. The Morgan fingerprint density at radius 3 is 2.00 bits per heavy atom. The van der Waals surface area contributed by atoms with Gasteiger partial charge in [-0.2, -0.15) is 18.3 Å². The number of alkyl halides is 3. The molecule has 1 aromatic heterocycles. The predicted molar refractivity (Wildman–Crippen MR) is 54.7 cm³/mol. The van der Waals surface area contributed by atoms with Gasteiger partial charge in [-0.15, -0.1) is 0 Å². The van der Waals surface area contributed by atoms with Gasteiger partial charge in [0.05, 0.1) is 0 Å². The Morgan fingerprint density at radius 2 is 1.75 bits per heavy atom. The highest BCUT2D eigenvalue weighted by molar-refractivity contribution is 4.75. The van der Waals surface area contributed by atoms with E-state index in [9.17, 15) is 13.2 Å².